The van der Waals surface area contributed by atoms with Crippen molar-refractivity contribution in [1.82, 2.24) is 9.88 Å². The predicted molar refractivity (Wildman–Crippen MR) is 114 cm³/mol. The molecular formula is C22H24N2O4S. The van der Waals surface area contributed by atoms with Crippen LogP contribution in [0, 0.1) is 0 Å². The van der Waals surface area contributed by atoms with E-state index >= 15 is 0 Å². The second kappa shape index (κ2) is 8.49. The third-order valence-corrected chi connectivity index (χ3v) is 6.80. The molecule has 0 aliphatic carbocycles. The summed E-state index contributed by atoms with van der Waals surface area (Å²) in [6.07, 6.45) is 2.90. The van der Waals surface area contributed by atoms with E-state index in [4.69, 9.17) is 4.74 Å². The quantitative estimate of drug-likeness (QED) is 0.670. The Balaban J connectivity index is 1.46. The maximum atomic E-state index is 11.5. The standard InChI is InChI=1S/C22H24N2O4S/c25-18(15-24-10-12-29(26,27)13-11-24)16-28-22-8-7-19(17-4-3-9-23-14-17)20-5-1-2-6-21(20)22/h1-9,14,18,25H,10-13,15-16H2. The number of hydrogen-bond donors (Lipinski definition) is 1. The van der Waals surface area contributed by atoms with Crippen molar-refractivity contribution >= 4 is 20.6 Å². The lowest BCUT2D eigenvalue weighted by molar-refractivity contribution is 0.0716. The van der Waals surface area contributed by atoms with Crippen molar-refractivity contribution in [2.45, 2.75) is 6.10 Å². The Morgan fingerprint density at radius 1 is 1.03 bits per heavy atom. The van der Waals surface area contributed by atoms with Crippen LogP contribution in [0.25, 0.3) is 21.9 Å². The topological polar surface area (TPSA) is 79.7 Å². The fraction of sp³-hybridized carbons (Fsp3) is 0.318. The van der Waals surface area contributed by atoms with E-state index in [0.29, 0.717) is 25.4 Å². The van der Waals surface area contributed by atoms with Gasteiger partial charge in [0.2, 0.25) is 0 Å². The number of hydrogen-bond acceptors (Lipinski definition) is 6. The van der Waals surface area contributed by atoms with E-state index in [0.717, 1.165) is 21.9 Å². The molecular weight excluding hydrogens is 388 g/mol. The number of pyridine rings is 1. The van der Waals surface area contributed by atoms with E-state index < -0.39 is 15.9 Å². The van der Waals surface area contributed by atoms with Crippen LogP contribution in [0.2, 0.25) is 0 Å². The van der Waals surface area contributed by atoms with Gasteiger partial charge in [-0.1, -0.05) is 30.3 Å². The maximum Gasteiger partial charge on any atom is 0.152 e. The molecule has 2 aromatic carbocycles. The van der Waals surface area contributed by atoms with Crippen molar-refractivity contribution in [3.8, 4) is 16.9 Å². The molecule has 1 aromatic heterocycles. The lowest BCUT2D eigenvalue weighted by atomic mass is 9.99. The summed E-state index contributed by atoms with van der Waals surface area (Å²) in [5.41, 5.74) is 2.12. The zero-order valence-corrected chi connectivity index (χ0v) is 16.9. The molecule has 7 heteroatoms. The van der Waals surface area contributed by atoms with Crippen LogP contribution < -0.4 is 4.74 Å². The summed E-state index contributed by atoms with van der Waals surface area (Å²) >= 11 is 0. The summed E-state index contributed by atoms with van der Waals surface area (Å²) < 4.78 is 29.0. The summed E-state index contributed by atoms with van der Waals surface area (Å²) in [7, 11) is -2.92. The van der Waals surface area contributed by atoms with E-state index in [1.807, 2.05) is 53.6 Å². The first-order valence-corrected chi connectivity index (χ1v) is 11.5. The Morgan fingerprint density at radius 3 is 2.52 bits per heavy atom. The van der Waals surface area contributed by atoms with Crippen molar-refractivity contribution in [2.75, 3.05) is 37.7 Å². The van der Waals surface area contributed by atoms with E-state index in [1.165, 1.54) is 0 Å². The van der Waals surface area contributed by atoms with Crippen LogP contribution in [0.5, 0.6) is 5.75 Å². The van der Waals surface area contributed by atoms with Crippen LogP contribution in [-0.4, -0.2) is 67.3 Å². The lowest BCUT2D eigenvalue weighted by Gasteiger charge is -2.28. The number of β-amino-alcohol motifs (C(OH)–C–C–N with tert-alkyl or cyclic N) is 1. The molecule has 0 saturated carbocycles. The fourth-order valence-corrected chi connectivity index (χ4v) is 4.92. The van der Waals surface area contributed by atoms with E-state index in [2.05, 4.69) is 11.1 Å². The molecule has 3 aromatic rings. The highest BCUT2D eigenvalue weighted by Crippen LogP contribution is 2.34. The molecule has 4 rings (SSSR count). The second-order valence-electron chi connectivity index (χ2n) is 7.32. The van der Waals surface area contributed by atoms with E-state index in [1.54, 1.807) is 6.20 Å². The van der Waals surface area contributed by atoms with Crippen molar-refractivity contribution in [3.63, 3.8) is 0 Å². The van der Waals surface area contributed by atoms with Crippen molar-refractivity contribution in [2.24, 2.45) is 0 Å². The Hall–Kier alpha value is -2.48. The Labute approximate surface area is 170 Å². The van der Waals surface area contributed by atoms with Gasteiger partial charge in [-0.2, -0.15) is 0 Å². The summed E-state index contributed by atoms with van der Waals surface area (Å²) in [5.74, 6) is 1.02. The summed E-state index contributed by atoms with van der Waals surface area (Å²) in [4.78, 5) is 6.18. The average Bonchev–Trinajstić information content (AvgIpc) is 2.74. The van der Waals surface area contributed by atoms with Crippen LogP contribution in [0.15, 0.2) is 60.9 Å². The lowest BCUT2D eigenvalue weighted by Crippen LogP contribution is -2.44. The van der Waals surface area contributed by atoms with Crippen molar-refractivity contribution in [3.05, 3.63) is 60.9 Å². The normalized spacial score (nSPS) is 17.8. The third-order valence-electron chi connectivity index (χ3n) is 5.19. The molecule has 1 atom stereocenters. The Kier molecular flexibility index (Phi) is 5.80. The largest absolute Gasteiger partial charge is 0.490 e. The highest BCUT2D eigenvalue weighted by Gasteiger charge is 2.23. The molecule has 1 aliphatic rings. The van der Waals surface area contributed by atoms with Crippen LogP contribution in [0.1, 0.15) is 0 Å². The zero-order valence-electron chi connectivity index (χ0n) is 16.1. The molecule has 1 fully saturated rings. The fourth-order valence-electron chi connectivity index (χ4n) is 3.64. The number of ether oxygens (including phenoxy) is 1. The van der Waals surface area contributed by atoms with Gasteiger partial charge in [0, 0.05) is 43.0 Å². The molecule has 1 saturated heterocycles. The predicted octanol–water partition coefficient (Wildman–Crippen LogP) is 2.37. The molecule has 0 spiro atoms. The molecule has 1 N–H and O–H groups in total. The van der Waals surface area contributed by atoms with Gasteiger partial charge < -0.3 is 9.84 Å². The number of benzene rings is 2. The van der Waals surface area contributed by atoms with Gasteiger partial charge in [-0.05, 0) is 29.1 Å². The number of aliphatic hydroxyl groups excluding tert-OH is 1. The van der Waals surface area contributed by atoms with E-state index in [-0.39, 0.29) is 18.1 Å². The number of sulfone groups is 1. The monoisotopic (exact) mass is 412 g/mol. The molecule has 29 heavy (non-hydrogen) atoms. The third kappa shape index (κ3) is 4.75. The summed E-state index contributed by atoms with van der Waals surface area (Å²) in [5, 5.41) is 12.4. The minimum absolute atomic E-state index is 0.152. The van der Waals surface area contributed by atoms with Crippen LogP contribution in [0.4, 0.5) is 0 Å². The molecule has 0 radical (unpaired) electrons. The first kappa shape index (κ1) is 19.8. The molecule has 1 unspecified atom stereocenters. The number of aliphatic hydroxyl groups is 1. The number of fused-ring (bicyclic) bond motifs is 1. The zero-order chi connectivity index (χ0) is 20.3. The molecule has 0 bridgehead atoms. The first-order valence-electron chi connectivity index (χ1n) is 9.68. The molecule has 6 nitrogen and oxygen atoms in total. The minimum atomic E-state index is -2.92. The summed E-state index contributed by atoms with van der Waals surface area (Å²) in [6, 6.07) is 15.9. The highest BCUT2D eigenvalue weighted by atomic mass is 32.2. The van der Waals surface area contributed by atoms with Gasteiger partial charge in [-0.3, -0.25) is 9.88 Å². The van der Waals surface area contributed by atoms with Gasteiger partial charge in [-0.25, -0.2) is 8.42 Å². The van der Waals surface area contributed by atoms with Gasteiger partial charge in [-0.15, -0.1) is 0 Å². The molecule has 152 valence electrons. The van der Waals surface area contributed by atoms with Gasteiger partial charge in [0.1, 0.15) is 18.5 Å². The van der Waals surface area contributed by atoms with Crippen LogP contribution >= 0.6 is 0 Å². The highest BCUT2D eigenvalue weighted by molar-refractivity contribution is 7.91. The van der Waals surface area contributed by atoms with Gasteiger partial charge in [0.25, 0.3) is 0 Å². The van der Waals surface area contributed by atoms with Crippen molar-refractivity contribution in [1.29, 1.82) is 0 Å². The number of aromatic nitrogens is 1. The molecule has 2 heterocycles. The Morgan fingerprint density at radius 2 is 1.79 bits per heavy atom. The minimum Gasteiger partial charge on any atom is -0.490 e. The number of nitrogens with zero attached hydrogens (tertiary/aromatic N) is 2. The van der Waals surface area contributed by atoms with Gasteiger partial charge in [0.15, 0.2) is 9.84 Å². The number of rotatable bonds is 6. The SMILES string of the molecule is O=S1(=O)CCN(CC(O)COc2ccc(-c3cccnc3)c3ccccc23)CC1. The molecule has 1 aliphatic heterocycles. The van der Waals surface area contributed by atoms with Gasteiger partial charge >= 0.3 is 0 Å². The van der Waals surface area contributed by atoms with Crippen LogP contribution in [-0.2, 0) is 9.84 Å². The van der Waals surface area contributed by atoms with Crippen molar-refractivity contribution < 1.29 is 18.3 Å². The molecule has 0 amide bonds. The second-order valence-corrected chi connectivity index (χ2v) is 9.62. The van der Waals surface area contributed by atoms with E-state index in [9.17, 15) is 13.5 Å². The Bertz CT molecular complexity index is 1070. The van der Waals surface area contributed by atoms with Crippen LogP contribution in [0.3, 0.4) is 0 Å². The first-order chi connectivity index (χ1) is 14.0. The summed E-state index contributed by atoms with van der Waals surface area (Å²) in [6.45, 7) is 1.48. The van der Waals surface area contributed by atoms with Gasteiger partial charge in [0.05, 0.1) is 11.5 Å². The smallest absolute Gasteiger partial charge is 0.152 e. The average molecular weight is 413 g/mol. The maximum absolute atomic E-state index is 11.5.